The van der Waals surface area contributed by atoms with Crippen molar-refractivity contribution in [1.29, 1.82) is 0 Å². The Balaban J connectivity index is 1.43. The quantitative estimate of drug-likeness (QED) is 0.260. The molecule has 1 aliphatic carbocycles. The van der Waals surface area contributed by atoms with Crippen LogP contribution in [0.3, 0.4) is 0 Å². The van der Waals surface area contributed by atoms with Gasteiger partial charge in [-0.1, -0.05) is 11.6 Å². The molecular formula is C29H23ClF3N7O. The Labute approximate surface area is 237 Å². The maximum absolute atomic E-state index is 16.2. The van der Waals surface area contributed by atoms with Crippen LogP contribution in [0, 0.1) is 45.1 Å². The molecule has 2 atom stereocenters. The van der Waals surface area contributed by atoms with E-state index in [4.69, 9.17) is 11.6 Å². The molecular weight excluding hydrogens is 555 g/mol. The minimum Gasteiger partial charge on any atom is -0.277 e. The zero-order valence-corrected chi connectivity index (χ0v) is 23.2. The number of aromatic nitrogens is 7. The topological polar surface area (TPSA) is 91.4 Å². The monoisotopic (exact) mass is 577 g/mol. The van der Waals surface area contributed by atoms with Gasteiger partial charge in [0.15, 0.2) is 17.5 Å². The molecule has 5 aromatic heterocycles. The molecule has 0 N–H and O–H groups in total. The number of hydrogen-bond acceptors (Lipinski definition) is 6. The molecule has 6 rings (SSSR count). The van der Waals surface area contributed by atoms with Gasteiger partial charge in [0.25, 0.3) is 5.56 Å². The number of nitrogens with zero attached hydrogens (tertiary/aromatic N) is 7. The molecule has 0 bridgehead atoms. The molecule has 41 heavy (non-hydrogen) atoms. The Morgan fingerprint density at radius 1 is 0.976 bits per heavy atom. The molecule has 208 valence electrons. The van der Waals surface area contributed by atoms with Crippen LogP contribution in [0.15, 0.2) is 47.7 Å². The summed E-state index contributed by atoms with van der Waals surface area (Å²) in [6.07, 6.45) is 4.85. The van der Waals surface area contributed by atoms with Gasteiger partial charge in [0.1, 0.15) is 28.2 Å². The van der Waals surface area contributed by atoms with E-state index >= 15 is 4.39 Å². The largest absolute Gasteiger partial charge is 0.277 e. The molecule has 0 spiro atoms. The number of pyridine rings is 4. The molecule has 5 aromatic rings. The van der Waals surface area contributed by atoms with E-state index in [1.807, 2.05) is 0 Å². The minimum absolute atomic E-state index is 0.0208. The molecule has 1 saturated carbocycles. The Hall–Kier alpha value is -4.38. The van der Waals surface area contributed by atoms with Crippen LogP contribution in [-0.4, -0.2) is 34.3 Å². The second-order valence-corrected chi connectivity index (χ2v) is 10.5. The highest BCUT2D eigenvalue weighted by Crippen LogP contribution is 2.55. The summed E-state index contributed by atoms with van der Waals surface area (Å²) in [4.78, 5) is 30.2. The van der Waals surface area contributed by atoms with Gasteiger partial charge in [0.2, 0.25) is 0 Å². The van der Waals surface area contributed by atoms with Crippen molar-refractivity contribution in [2.75, 3.05) is 0 Å². The number of hydrogen-bond donors (Lipinski definition) is 0. The van der Waals surface area contributed by atoms with Gasteiger partial charge in [-0.2, -0.15) is 4.68 Å². The third-order valence-corrected chi connectivity index (χ3v) is 7.63. The van der Waals surface area contributed by atoms with Crippen molar-refractivity contribution >= 4 is 11.6 Å². The zero-order valence-electron chi connectivity index (χ0n) is 22.5. The summed E-state index contributed by atoms with van der Waals surface area (Å²) in [5.41, 5.74) is 1.45. The number of halogens is 4. The molecule has 1 fully saturated rings. The Kier molecular flexibility index (Phi) is 6.49. The first kappa shape index (κ1) is 26.8. The summed E-state index contributed by atoms with van der Waals surface area (Å²) in [5.74, 6) is -1.34. The van der Waals surface area contributed by atoms with Gasteiger partial charge in [-0.3, -0.25) is 19.3 Å². The number of aryl methyl sites for hydroxylation is 4. The molecule has 0 unspecified atom stereocenters. The summed E-state index contributed by atoms with van der Waals surface area (Å²) < 4.78 is 47.1. The van der Waals surface area contributed by atoms with Gasteiger partial charge >= 0.3 is 0 Å². The van der Waals surface area contributed by atoms with Crippen LogP contribution in [0.4, 0.5) is 13.2 Å². The summed E-state index contributed by atoms with van der Waals surface area (Å²) in [5, 5.41) is 4.14. The van der Waals surface area contributed by atoms with Crippen molar-refractivity contribution in [3.8, 4) is 22.9 Å². The lowest BCUT2D eigenvalue weighted by Crippen LogP contribution is -2.24. The maximum Gasteiger partial charge on any atom is 0.274 e. The molecule has 0 saturated heterocycles. The maximum atomic E-state index is 16.2. The van der Waals surface area contributed by atoms with Crippen LogP contribution in [0.5, 0.6) is 0 Å². The molecule has 0 amide bonds. The Morgan fingerprint density at radius 2 is 1.76 bits per heavy atom. The van der Waals surface area contributed by atoms with Gasteiger partial charge in [-0.15, -0.1) is 5.10 Å². The fraction of sp³-hybridized carbons (Fsp3) is 0.241. The Bertz CT molecular complexity index is 1920. The van der Waals surface area contributed by atoms with Gasteiger partial charge < -0.3 is 0 Å². The van der Waals surface area contributed by atoms with Gasteiger partial charge in [0, 0.05) is 18.1 Å². The van der Waals surface area contributed by atoms with E-state index in [-0.39, 0.29) is 39.8 Å². The lowest BCUT2D eigenvalue weighted by molar-refractivity contribution is 0.594. The van der Waals surface area contributed by atoms with Crippen molar-refractivity contribution in [3.05, 3.63) is 110 Å². The van der Waals surface area contributed by atoms with Gasteiger partial charge in [0.05, 0.1) is 17.6 Å². The van der Waals surface area contributed by atoms with Gasteiger partial charge in [-0.05, 0) is 86.9 Å². The van der Waals surface area contributed by atoms with Crippen molar-refractivity contribution < 1.29 is 13.2 Å². The highest BCUT2D eigenvalue weighted by atomic mass is 35.5. The second kappa shape index (κ2) is 9.91. The Morgan fingerprint density at radius 3 is 2.46 bits per heavy atom. The van der Waals surface area contributed by atoms with Crippen LogP contribution < -0.4 is 5.56 Å². The summed E-state index contributed by atoms with van der Waals surface area (Å²) in [6.45, 7) is 6.63. The van der Waals surface area contributed by atoms with Crippen LogP contribution >= 0.6 is 11.6 Å². The van der Waals surface area contributed by atoms with Crippen LogP contribution in [-0.2, 0) is 0 Å². The lowest BCUT2D eigenvalue weighted by Gasteiger charge is -2.18. The van der Waals surface area contributed by atoms with Crippen LogP contribution in [0.25, 0.3) is 22.9 Å². The first-order valence-corrected chi connectivity index (χ1v) is 13.2. The fourth-order valence-electron chi connectivity index (χ4n) is 5.27. The molecule has 8 nitrogen and oxygen atoms in total. The molecule has 0 aliphatic heterocycles. The SMILES string of the molecule is Cc1nc(C)n(-c2nc(-c3ncc(C)c(-n4c(C)cc([C@H]5C[C@@H]5c5cncc(F)c5)c(Cl)c4=O)c3F)ccc2F)n1. The molecule has 12 heteroatoms. The molecule has 0 aromatic carbocycles. The highest BCUT2D eigenvalue weighted by Gasteiger charge is 2.42. The first-order valence-electron chi connectivity index (χ1n) is 12.8. The number of rotatable bonds is 5. The molecule has 0 radical (unpaired) electrons. The zero-order chi connectivity index (χ0) is 29.2. The van der Waals surface area contributed by atoms with E-state index in [9.17, 15) is 13.6 Å². The fourth-order valence-corrected chi connectivity index (χ4v) is 5.55. The van der Waals surface area contributed by atoms with Crippen molar-refractivity contribution in [2.45, 2.75) is 46.0 Å². The van der Waals surface area contributed by atoms with Crippen molar-refractivity contribution in [2.24, 2.45) is 0 Å². The standard InChI is InChI=1S/C29H23ClF3N7O/c1-13-10-35-26(23-6-5-22(32)28(37-23)40-16(4)36-15(3)38-40)25(33)27(13)39-14(2)7-21(24(30)29(39)41)20-9-19(20)17-8-18(31)12-34-11-17/h5-8,10-12,19-20H,9H2,1-4H3/t19-,20+/m1/s1. The smallest absolute Gasteiger partial charge is 0.274 e. The highest BCUT2D eigenvalue weighted by molar-refractivity contribution is 6.31. The molecule has 1 aliphatic rings. The third kappa shape index (κ3) is 4.59. The minimum atomic E-state index is -0.814. The van der Waals surface area contributed by atoms with Crippen molar-refractivity contribution in [3.63, 3.8) is 0 Å². The summed E-state index contributed by atoms with van der Waals surface area (Å²) in [7, 11) is 0. The predicted molar refractivity (Wildman–Crippen MR) is 146 cm³/mol. The van der Waals surface area contributed by atoms with E-state index in [1.54, 1.807) is 40.0 Å². The van der Waals surface area contributed by atoms with Crippen LogP contribution in [0.1, 0.15) is 52.3 Å². The average Bonchev–Trinajstić information content (AvgIpc) is 3.65. The van der Waals surface area contributed by atoms with E-state index in [0.29, 0.717) is 34.9 Å². The summed E-state index contributed by atoms with van der Waals surface area (Å²) >= 11 is 6.59. The van der Waals surface area contributed by atoms with Gasteiger partial charge in [-0.25, -0.2) is 23.1 Å². The first-order chi connectivity index (χ1) is 19.5. The normalized spacial score (nSPS) is 16.3. The predicted octanol–water partition coefficient (Wildman–Crippen LogP) is 5.85. The third-order valence-electron chi connectivity index (χ3n) is 7.25. The van der Waals surface area contributed by atoms with E-state index < -0.39 is 23.0 Å². The summed E-state index contributed by atoms with van der Waals surface area (Å²) in [6, 6.07) is 5.64. The molecule has 5 heterocycles. The van der Waals surface area contributed by atoms with Crippen LogP contribution in [0.2, 0.25) is 5.02 Å². The van der Waals surface area contributed by atoms with E-state index in [1.165, 1.54) is 27.6 Å². The average molecular weight is 578 g/mol. The van der Waals surface area contributed by atoms with Crippen molar-refractivity contribution in [1.82, 2.24) is 34.3 Å². The van der Waals surface area contributed by atoms with E-state index in [0.717, 1.165) is 17.8 Å². The second-order valence-electron chi connectivity index (χ2n) is 10.2. The van der Waals surface area contributed by atoms with E-state index in [2.05, 4.69) is 25.0 Å². The lowest BCUT2D eigenvalue weighted by atomic mass is 10.0.